The van der Waals surface area contributed by atoms with Gasteiger partial charge in [0.2, 0.25) is 0 Å². The molecule has 1 saturated carbocycles. The van der Waals surface area contributed by atoms with Crippen LogP contribution in [0, 0.1) is 11.3 Å². The van der Waals surface area contributed by atoms with Crippen LogP contribution in [0.2, 0.25) is 0 Å². The lowest BCUT2D eigenvalue weighted by Crippen LogP contribution is -2.48. The third kappa shape index (κ3) is 2.46. The molecule has 1 aliphatic rings. The summed E-state index contributed by atoms with van der Waals surface area (Å²) in [4.78, 5) is 6.35. The van der Waals surface area contributed by atoms with E-state index < -0.39 is 0 Å². The first-order valence-corrected chi connectivity index (χ1v) is 6.44. The summed E-state index contributed by atoms with van der Waals surface area (Å²) >= 11 is 0. The van der Waals surface area contributed by atoms with Gasteiger partial charge < -0.3 is 10.2 Å². The van der Waals surface area contributed by atoms with E-state index in [-0.39, 0.29) is 5.54 Å². The molecule has 0 aromatic carbocycles. The largest absolute Gasteiger partial charge is 0.372 e. The standard InChI is InChI=1S/C14H20N4/c1-16-14(11-15)7-3-12(4-8-14)18(2)13-5-9-17-10-6-13/h5-6,9-10,12,16H,3-4,7-8H2,1-2H3. The van der Waals surface area contributed by atoms with Crippen LogP contribution < -0.4 is 10.2 Å². The molecular formula is C14H20N4. The first-order valence-electron chi connectivity index (χ1n) is 6.44. The van der Waals surface area contributed by atoms with Gasteiger partial charge in [-0.15, -0.1) is 0 Å². The van der Waals surface area contributed by atoms with Crippen molar-refractivity contribution >= 4 is 5.69 Å². The van der Waals surface area contributed by atoms with Crippen molar-refractivity contribution in [3.8, 4) is 6.07 Å². The van der Waals surface area contributed by atoms with Crippen molar-refractivity contribution in [2.24, 2.45) is 0 Å². The van der Waals surface area contributed by atoms with E-state index in [2.05, 4.69) is 28.3 Å². The molecule has 0 aliphatic heterocycles. The number of aromatic nitrogens is 1. The zero-order valence-corrected chi connectivity index (χ0v) is 11.1. The number of hydrogen-bond donors (Lipinski definition) is 1. The van der Waals surface area contributed by atoms with Gasteiger partial charge in [0.05, 0.1) is 6.07 Å². The lowest BCUT2D eigenvalue weighted by Gasteiger charge is -2.39. The summed E-state index contributed by atoms with van der Waals surface area (Å²) in [7, 11) is 4.01. The summed E-state index contributed by atoms with van der Waals surface area (Å²) in [6.45, 7) is 0. The maximum atomic E-state index is 9.25. The number of anilines is 1. The van der Waals surface area contributed by atoms with Gasteiger partial charge in [-0.3, -0.25) is 4.98 Å². The van der Waals surface area contributed by atoms with Gasteiger partial charge in [0.1, 0.15) is 5.54 Å². The number of nitrogens with zero attached hydrogens (tertiary/aromatic N) is 3. The zero-order chi connectivity index (χ0) is 13.0. The minimum atomic E-state index is -0.310. The minimum Gasteiger partial charge on any atom is -0.372 e. The average Bonchev–Trinajstić information content (AvgIpc) is 2.47. The number of nitriles is 1. The third-order valence-corrected chi connectivity index (χ3v) is 4.12. The monoisotopic (exact) mass is 244 g/mol. The number of nitrogens with one attached hydrogen (secondary N) is 1. The molecule has 0 spiro atoms. The van der Waals surface area contributed by atoms with Crippen molar-refractivity contribution < 1.29 is 0 Å². The molecule has 0 atom stereocenters. The maximum absolute atomic E-state index is 9.25. The first-order chi connectivity index (χ1) is 8.71. The highest BCUT2D eigenvalue weighted by atomic mass is 15.1. The summed E-state index contributed by atoms with van der Waals surface area (Å²) < 4.78 is 0. The van der Waals surface area contributed by atoms with Crippen molar-refractivity contribution in [3.05, 3.63) is 24.5 Å². The molecule has 1 N–H and O–H groups in total. The molecule has 0 unspecified atom stereocenters. The molecule has 4 nitrogen and oxygen atoms in total. The van der Waals surface area contributed by atoms with E-state index in [1.54, 1.807) is 0 Å². The van der Waals surface area contributed by atoms with Gasteiger partial charge in [-0.05, 0) is 44.9 Å². The molecule has 1 aromatic heterocycles. The van der Waals surface area contributed by atoms with Gasteiger partial charge in [-0.2, -0.15) is 5.26 Å². The zero-order valence-electron chi connectivity index (χ0n) is 11.1. The molecule has 18 heavy (non-hydrogen) atoms. The number of hydrogen-bond acceptors (Lipinski definition) is 4. The first kappa shape index (κ1) is 12.8. The minimum absolute atomic E-state index is 0.310. The molecule has 4 heteroatoms. The number of pyridine rings is 1. The molecule has 0 saturated heterocycles. The van der Waals surface area contributed by atoms with Gasteiger partial charge >= 0.3 is 0 Å². The molecule has 2 rings (SSSR count). The third-order valence-electron chi connectivity index (χ3n) is 4.12. The Bertz CT molecular complexity index is 415. The SMILES string of the molecule is CNC1(C#N)CCC(N(C)c2ccncc2)CC1. The molecule has 0 amide bonds. The summed E-state index contributed by atoms with van der Waals surface area (Å²) in [6.07, 6.45) is 7.57. The van der Waals surface area contributed by atoms with Crippen LogP contribution in [0.4, 0.5) is 5.69 Å². The van der Waals surface area contributed by atoms with Gasteiger partial charge in [0, 0.05) is 31.2 Å². The topological polar surface area (TPSA) is 52.0 Å². The maximum Gasteiger partial charge on any atom is 0.106 e. The molecule has 0 bridgehead atoms. The molecule has 1 aliphatic carbocycles. The Morgan fingerprint density at radius 2 is 2.00 bits per heavy atom. The van der Waals surface area contributed by atoms with Crippen molar-refractivity contribution in [1.82, 2.24) is 10.3 Å². The van der Waals surface area contributed by atoms with Crippen LogP contribution in [0.5, 0.6) is 0 Å². The lowest BCUT2D eigenvalue weighted by molar-refractivity contribution is 0.287. The molecule has 1 fully saturated rings. The fraction of sp³-hybridized carbons (Fsp3) is 0.571. The molecule has 1 aromatic rings. The fourth-order valence-electron chi connectivity index (χ4n) is 2.69. The van der Waals surface area contributed by atoms with Crippen molar-refractivity contribution in [2.45, 2.75) is 37.3 Å². The Hall–Kier alpha value is -1.60. The molecule has 0 radical (unpaired) electrons. The fourth-order valence-corrected chi connectivity index (χ4v) is 2.69. The van der Waals surface area contributed by atoms with E-state index in [4.69, 9.17) is 0 Å². The summed E-state index contributed by atoms with van der Waals surface area (Å²) in [5, 5.41) is 12.4. The van der Waals surface area contributed by atoms with Crippen molar-refractivity contribution in [2.75, 3.05) is 19.0 Å². The van der Waals surface area contributed by atoms with Crippen molar-refractivity contribution in [1.29, 1.82) is 5.26 Å². The normalized spacial score (nSPS) is 27.5. The Balaban J connectivity index is 2.00. The van der Waals surface area contributed by atoms with Gasteiger partial charge in [0.25, 0.3) is 0 Å². The lowest BCUT2D eigenvalue weighted by atomic mass is 9.80. The van der Waals surface area contributed by atoms with E-state index in [9.17, 15) is 5.26 Å². The molecular weight excluding hydrogens is 224 g/mol. The predicted molar refractivity (Wildman–Crippen MR) is 72.3 cm³/mol. The van der Waals surface area contributed by atoms with Crippen LogP contribution in [0.3, 0.4) is 0 Å². The average molecular weight is 244 g/mol. The Kier molecular flexibility index (Phi) is 3.83. The van der Waals surface area contributed by atoms with E-state index >= 15 is 0 Å². The highest BCUT2D eigenvalue weighted by Crippen LogP contribution is 2.31. The quantitative estimate of drug-likeness (QED) is 0.883. The molecule has 1 heterocycles. The van der Waals surface area contributed by atoms with Crippen LogP contribution in [0.1, 0.15) is 25.7 Å². The Morgan fingerprint density at radius 1 is 1.39 bits per heavy atom. The van der Waals surface area contributed by atoms with Crippen LogP contribution in [0.15, 0.2) is 24.5 Å². The van der Waals surface area contributed by atoms with Crippen molar-refractivity contribution in [3.63, 3.8) is 0 Å². The molecule has 96 valence electrons. The van der Waals surface area contributed by atoms with Crippen LogP contribution in [0.25, 0.3) is 0 Å². The Morgan fingerprint density at radius 3 is 2.50 bits per heavy atom. The van der Waals surface area contributed by atoms with Crippen LogP contribution in [-0.4, -0.2) is 30.7 Å². The predicted octanol–water partition coefficient (Wildman–Crippen LogP) is 1.94. The summed E-state index contributed by atoms with van der Waals surface area (Å²) in [6, 6.07) is 7.01. The second-order valence-corrected chi connectivity index (χ2v) is 4.99. The summed E-state index contributed by atoms with van der Waals surface area (Å²) in [5.41, 5.74) is 0.888. The van der Waals surface area contributed by atoms with Crippen LogP contribution >= 0.6 is 0 Å². The second-order valence-electron chi connectivity index (χ2n) is 4.99. The smallest absolute Gasteiger partial charge is 0.106 e. The van der Waals surface area contributed by atoms with E-state index in [1.807, 2.05) is 31.6 Å². The van der Waals surface area contributed by atoms with E-state index in [0.717, 1.165) is 25.7 Å². The van der Waals surface area contributed by atoms with Gasteiger partial charge in [-0.1, -0.05) is 0 Å². The van der Waals surface area contributed by atoms with Gasteiger partial charge in [0.15, 0.2) is 0 Å². The summed E-state index contributed by atoms with van der Waals surface area (Å²) in [5.74, 6) is 0. The highest BCUT2D eigenvalue weighted by molar-refractivity contribution is 5.45. The highest BCUT2D eigenvalue weighted by Gasteiger charge is 2.35. The van der Waals surface area contributed by atoms with Crippen LogP contribution in [-0.2, 0) is 0 Å². The van der Waals surface area contributed by atoms with E-state index in [1.165, 1.54) is 5.69 Å². The second kappa shape index (κ2) is 5.36. The Labute approximate surface area is 109 Å². The number of rotatable bonds is 3. The van der Waals surface area contributed by atoms with E-state index in [0.29, 0.717) is 6.04 Å². The van der Waals surface area contributed by atoms with Gasteiger partial charge in [-0.25, -0.2) is 0 Å².